The minimum absolute atomic E-state index is 0.315. The third-order valence-electron chi connectivity index (χ3n) is 2.16. The Bertz CT molecular complexity index is 314. The molecule has 13 heavy (non-hydrogen) atoms. The van der Waals surface area contributed by atoms with E-state index in [0.29, 0.717) is 6.04 Å². The Hall–Kier alpha value is -1.51. The Morgan fingerprint density at radius 1 is 1.54 bits per heavy atom. The number of hydrazone groups is 1. The first kappa shape index (κ1) is 8.10. The summed E-state index contributed by atoms with van der Waals surface area (Å²) in [6.45, 7) is 0. The van der Waals surface area contributed by atoms with Gasteiger partial charge in [0.25, 0.3) is 0 Å². The lowest BCUT2D eigenvalue weighted by Crippen LogP contribution is -2.09. The number of methoxy groups -OCH3 is 1. The zero-order chi connectivity index (χ0) is 9.10. The predicted molar refractivity (Wildman–Crippen MR) is 52.0 cm³/mol. The van der Waals surface area contributed by atoms with E-state index in [1.807, 2.05) is 24.4 Å². The average molecular weight is 176 g/mol. The van der Waals surface area contributed by atoms with Crippen LogP contribution in [0.15, 0.2) is 29.4 Å². The molecule has 0 radical (unpaired) electrons. The van der Waals surface area contributed by atoms with Gasteiger partial charge in [-0.1, -0.05) is 12.1 Å². The molecule has 0 aromatic heterocycles. The van der Waals surface area contributed by atoms with Gasteiger partial charge < -0.3 is 10.2 Å². The number of benzene rings is 1. The number of rotatable bonds is 2. The summed E-state index contributed by atoms with van der Waals surface area (Å²) in [5.74, 6) is 0.895. The Morgan fingerprint density at radius 2 is 2.46 bits per heavy atom. The summed E-state index contributed by atoms with van der Waals surface area (Å²) < 4.78 is 5.15. The van der Waals surface area contributed by atoms with Crippen LogP contribution in [0.25, 0.3) is 0 Å². The highest BCUT2D eigenvalue weighted by Gasteiger charge is 2.12. The van der Waals surface area contributed by atoms with Gasteiger partial charge in [0.15, 0.2) is 0 Å². The van der Waals surface area contributed by atoms with Gasteiger partial charge in [-0.15, -0.1) is 0 Å². The van der Waals surface area contributed by atoms with Crippen LogP contribution in [0.2, 0.25) is 0 Å². The van der Waals surface area contributed by atoms with Crippen LogP contribution < -0.4 is 10.2 Å². The van der Waals surface area contributed by atoms with Crippen LogP contribution >= 0.6 is 0 Å². The van der Waals surface area contributed by atoms with E-state index in [2.05, 4.69) is 16.6 Å². The summed E-state index contributed by atoms with van der Waals surface area (Å²) in [5.41, 5.74) is 4.26. The topological polar surface area (TPSA) is 33.6 Å². The van der Waals surface area contributed by atoms with Crippen LogP contribution in [0.3, 0.4) is 0 Å². The molecule has 0 fully saturated rings. The van der Waals surface area contributed by atoms with Crippen molar-refractivity contribution in [2.24, 2.45) is 5.10 Å². The summed E-state index contributed by atoms with van der Waals surface area (Å²) in [4.78, 5) is 0. The second-order valence-corrected chi connectivity index (χ2v) is 3.01. The van der Waals surface area contributed by atoms with Crippen LogP contribution in [0.4, 0.5) is 0 Å². The molecule has 0 saturated carbocycles. The van der Waals surface area contributed by atoms with E-state index in [1.165, 1.54) is 5.56 Å². The molecular formula is C10H12N2O. The Balaban J connectivity index is 2.19. The highest BCUT2D eigenvalue weighted by Crippen LogP contribution is 2.22. The van der Waals surface area contributed by atoms with Gasteiger partial charge >= 0.3 is 0 Å². The Morgan fingerprint density at radius 3 is 3.15 bits per heavy atom. The van der Waals surface area contributed by atoms with Gasteiger partial charge in [0.1, 0.15) is 5.75 Å². The second kappa shape index (κ2) is 3.47. The lowest BCUT2D eigenvalue weighted by Gasteiger charge is -2.10. The molecule has 68 valence electrons. The minimum Gasteiger partial charge on any atom is -0.497 e. The maximum Gasteiger partial charge on any atom is 0.119 e. The number of ether oxygens (including phenoxy) is 1. The molecule has 1 atom stereocenters. The number of nitrogens with zero attached hydrogens (tertiary/aromatic N) is 1. The highest BCUT2D eigenvalue weighted by molar-refractivity contribution is 5.60. The van der Waals surface area contributed by atoms with Crippen LogP contribution in [-0.2, 0) is 0 Å². The van der Waals surface area contributed by atoms with Crippen molar-refractivity contribution >= 4 is 6.21 Å². The lowest BCUT2D eigenvalue weighted by molar-refractivity contribution is 0.413. The molecule has 1 aliphatic rings. The Kier molecular flexibility index (Phi) is 2.17. The molecule has 0 saturated heterocycles. The van der Waals surface area contributed by atoms with E-state index in [-0.39, 0.29) is 0 Å². The van der Waals surface area contributed by atoms with Crippen molar-refractivity contribution < 1.29 is 4.74 Å². The normalized spacial score (nSPS) is 19.9. The molecule has 1 aromatic rings. The summed E-state index contributed by atoms with van der Waals surface area (Å²) in [6, 6.07) is 8.37. The summed E-state index contributed by atoms with van der Waals surface area (Å²) in [6.07, 6.45) is 2.84. The predicted octanol–water partition coefficient (Wildman–Crippen LogP) is 1.72. The lowest BCUT2D eigenvalue weighted by atomic mass is 10.1. The highest BCUT2D eigenvalue weighted by atomic mass is 16.5. The molecule has 0 amide bonds. The van der Waals surface area contributed by atoms with Crippen LogP contribution in [0, 0.1) is 0 Å². The minimum atomic E-state index is 0.315. The van der Waals surface area contributed by atoms with Gasteiger partial charge in [-0.05, 0) is 17.7 Å². The van der Waals surface area contributed by atoms with E-state index in [1.54, 1.807) is 7.11 Å². The number of nitrogens with one attached hydrogen (secondary N) is 1. The van der Waals surface area contributed by atoms with Gasteiger partial charge in [0.2, 0.25) is 0 Å². The van der Waals surface area contributed by atoms with Gasteiger partial charge in [-0.2, -0.15) is 5.10 Å². The van der Waals surface area contributed by atoms with Crippen molar-refractivity contribution in [3.63, 3.8) is 0 Å². The van der Waals surface area contributed by atoms with Gasteiger partial charge in [0.05, 0.1) is 13.2 Å². The first-order chi connectivity index (χ1) is 6.40. The first-order valence-corrected chi connectivity index (χ1v) is 4.31. The summed E-state index contributed by atoms with van der Waals surface area (Å²) in [5, 5.41) is 3.98. The fourth-order valence-corrected chi connectivity index (χ4v) is 1.42. The fourth-order valence-electron chi connectivity index (χ4n) is 1.42. The van der Waals surface area contributed by atoms with Crippen LogP contribution in [-0.4, -0.2) is 13.3 Å². The van der Waals surface area contributed by atoms with E-state index < -0.39 is 0 Å². The molecular weight excluding hydrogens is 164 g/mol. The Labute approximate surface area is 77.4 Å². The van der Waals surface area contributed by atoms with Crippen molar-refractivity contribution in [1.29, 1.82) is 0 Å². The van der Waals surface area contributed by atoms with E-state index >= 15 is 0 Å². The molecule has 3 heteroatoms. The fraction of sp³-hybridized carbons (Fsp3) is 0.300. The van der Waals surface area contributed by atoms with Crippen molar-refractivity contribution in [2.75, 3.05) is 7.11 Å². The largest absolute Gasteiger partial charge is 0.497 e. The van der Waals surface area contributed by atoms with Crippen molar-refractivity contribution in [2.45, 2.75) is 12.5 Å². The van der Waals surface area contributed by atoms with Gasteiger partial charge in [0, 0.05) is 12.6 Å². The third-order valence-corrected chi connectivity index (χ3v) is 2.16. The molecule has 2 rings (SSSR count). The van der Waals surface area contributed by atoms with Crippen molar-refractivity contribution in [3.8, 4) is 5.75 Å². The molecule has 1 N–H and O–H groups in total. The van der Waals surface area contributed by atoms with E-state index in [0.717, 1.165) is 12.2 Å². The molecule has 0 bridgehead atoms. The molecule has 1 aliphatic heterocycles. The van der Waals surface area contributed by atoms with Gasteiger partial charge in [-0.3, -0.25) is 0 Å². The smallest absolute Gasteiger partial charge is 0.119 e. The van der Waals surface area contributed by atoms with E-state index in [9.17, 15) is 0 Å². The number of hydrogen-bond donors (Lipinski definition) is 1. The quantitative estimate of drug-likeness (QED) is 0.744. The maximum absolute atomic E-state index is 5.15. The summed E-state index contributed by atoms with van der Waals surface area (Å²) in [7, 11) is 1.68. The monoisotopic (exact) mass is 176 g/mol. The standard InChI is InChI=1S/C10H12N2O/c1-13-9-4-2-3-8(7-9)10-5-6-11-12-10/h2-4,6-7,10,12H,5H2,1H3. The molecule has 1 heterocycles. The molecule has 1 aromatic carbocycles. The van der Waals surface area contributed by atoms with Crippen molar-refractivity contribution in [1.82, 2.24) is 5.43 Å². The first-order valence-electron chi connectivity index (χ1n) is 4.31. The zero-order valence-corrected chi connectivity index (χ0v) is 7.53. The van der Waals surface area contributed by atoms with Crippen LogP contribution in [0.1, 0.15) is 18.0 Å². The zero-order valence-electron chi connectivity index (χ0n) is 7.53. The summed E-state index contributed by atoms with van der Waals surface area (Å²) >= 11 is 0. The molecule has 3 nitrogen and oxygen atoms in total. The van der Waals surface area contributed by atoms with Crippen LogP contribution in [0.5, 0.6) is 5.75 Å². The van der Waals surface area contributed by atoms with Gasteiger partial charge in [-0.25, -0.2) is 0 Å². The second-order valence-electron chi connectivity index (χ2n) is 3.01. The third kappa shape index (κ3) is 1.64. The average Bonchev–Trinajstić information content (AvgIpc) is 2.71. The number of hydrogen-bond acceptors (Lipinski definition) is 3. The molecule has 1 unspecified atom stereocenters. The molecule has 0 aliphatic carbocycles. The van der Waals surface area contributed by atoms with Crippen molar-refractivity contribution in [3.05, 3.63) is 29.8 Å². The SMILES string of the molecule is COc1cccc(C2CC=NN2)c1. The van der Waals surface area contributed by atoms with E-state index in [4.69, 9.17) is 4.74 Å². The molecule has 0 spiro atoms. The maximum atomic E-state index is 5.15.